The van der Waals surface area contributed by atoms with E-state index in [2.05, 4.69) is 46.3 Å². The second-order valence-electron chi connectivity index (χ2n) is 4.94. The molecule has 0 bridgehead atoms. The molecule has 4 heterocycles. The van der Waals surface area contributed by atoms with Crippen LogP contribution in [0.4, 0.5) is 0 Å². The molecule has 0 aliphatic heterocycles. The minimum atomic E-state index is 0.905. The predicted molar refractivity (Wildman–Crippen MR) is 84.7 cm³/mol. The summed E-state index contributed by atoms with van der Waals surface area (Å²) in [6.07, 6.45) is 9.33. The van der Waals surface area contributed by atoms with Crippen molar-refractivity contribution in [2.75, 3.05) is 0 Å². The molecule has 0 saturated carbocycles. The van der Waals surface area contributed by atoms with E-state index in [1.807, 2.05) is 28.9 Å². The Morgan fingerprint density at radius 3 is 2.68 bits per heavy atom. The summed E-state index contributed by atoms with van der Waals surface area (Å²) in [6, 6.07) is 8.18. The molecule has 0 radical (unpaired) electrons. The Morgan fingerprint density at radius 1 is 1.00 bits per heavy atom. The highest BCUT2D eigenvalue weighted by Crippen LogP contribution is 2.04. The van der Waals surface area contributed by atoms with E-state index in [0.29, 0.717) is 0 Å². The molecule has 0 atom stereocenters. The van der Waals surface area contributed by atoms with Crippen molar-refractivity contribution in [2.45, 2.75) is 26.7 Å². The Hall–Kier alpha value is -2.76. The van der Waals surface area contributed by atoms with Gasteiger partial charge < -0.3 is 0 Å². The molecule has 112 valence electrons. The standard InChI is InChI=1S/2C8H9N3/c1-2-7-3-4-11-6-9-10-8(11)5-7;1-2-7-3-4-8-9-6-10-11(8)5-7/h2*3-6H,2H2,1H3. The molecule has 0 aliphatic carbocycles. The SMILES string of the molecule is CCc1ccc2ncnn2c1.CCc1ccn2cnnc2c1. The molecule has 6 nitrogen and oxygen atoms in total. The van der Waals surface area contributed by atoms with E-state index in [9.17, 15) is 0 Å². The quantitative estimate of drug-likeness (QED) is 0.570. The molecule has 0 unspecified atom stereocenters. The van der Waals surface area contributed by atoms with Crippen LogP contribution in [-0.4, -0.2) is 29.2 Å². The van der Waals surface area contributed by atoms with Crippen molar-refractivity contribution in [1.82, 2.24) is 29.2 Å². The first-order valence-electron chi connectivity index (χ1n) is 7.36. The van der Waals surface area contributed by atoms with Crippen molar-refractivity contribution in [3.8, 4) is 0 Å². The molecule has 4 rings (SSSR count). The third-order valence-corrected chi connectivity index (χ3v) is 3.52. The molecular weight excluding hydrogens is 276 g/mol. The van der Waals surface area contributed by atoms with Gasteiger partial charge in [-0.15, -0.1) is 10.2 Å². The Bertz CT molecular complexity index is 802. The number of aromatic nitrogens is 6. The van der Waals surface area contributed by atoms with E-state index in [-0.39, 0.29) is 0 Å². The highest BCUT2D eigenvalue weighted by atomic mass is 15.3. The number of rotatable bonds is 2. The van der Waals surface area contributed by atoms with Crippen LogP contribution in [0.5, 0.6) is 0 Å². The van der Waals surface area contributed by atoms with Crippen molar-refractivity contribution in [3.05, 3.63) is 60.4 Å². The van der Waals surface area contributed by atoms with E-state index in [1.54, 1.807) is 17.2 Å². The molecule has 0 saturated heterocycles. The zero-order valence-corrected chi connectivity index (χ0v) is 12.7. The maximum absolute atomic E-state index is 4.05. The van der Waals surface area contributed by atoms with Gasteiger partial charge in [0.1, 0.15) is 12.7 Å². The van der Waals surface area contributed by atoms with Gasteiger partial charge in [-0.05, 0) is 42.2 Å². The average Bonchev–Trinajstić information content (AvgIpc) is 3.22. The van der Waals surface area contributed by atoms with Gasteiger partial charge in [-0.1, -0.05) is 19.9 Å². The number of pyridine rings is 2. The van der Waals surface area contributed by atoms with Gasteiger partial charge in [0.05, 0.1) is 0 Å². The Balaban J connectivity index is 0.000000131. The fourth-order valence-electron chi connectivity index (χ4n) is 2.15. The summed E-state index contributed by atoms with van der Waals surface area (Å²) in [5.41, 5.74) is 4.40. The van der Waals surface area contributed by atoms with Gasteiger partial charge in [-0.25, -0.2) is 9.50 Å². The van der Waals surface area contributed by atoms with Crippen LogP contribution in [0.3, 0.4) is 0 Å². The fourth-order valence-corrected chi connectivity index (χ4v) is 2.15. The summed E-state index contributed by atoms with van der Waals surface area (Å²) in [7, 11) is 0. The van der Waals surface area contributed by atoms with Crippen LogP contribution >= 0.6 is 0 Å². The second-order valence-corrected chi connectivity index (χ2v) is 4.94. The third-order valence-electron chi connectivity index (χ3n) is 3.52. The summed E-state index contributed by atoms with van der Waals surface area (Å²) in [5.74, 6) is 0. The lowest BCUT2D eigenvalue weighted by Crippen LogP contribution is -1.89. The number of hydrogen-bond donors (Lipinski definition) is 0. The summed E-state index contributed by atoms with van der Waals surface area (Å²) >= 11 is 0. The summed E-state index contributed by atoms with van der Waals surface area (Å²) in [5, 5.41) is 11.8. The van der Waals surface area contributed by atoms with Gasteiger partial charge in [0.2, 0.25) is 0 Å². The van der Waals surface area contributed by atoms with Crippen LogP contribution in [0, 0.1) is 0 Å². The molecular formula is C16H18N6. The van der Waals surface area contributed by atoms with Gasteiger partial charge in [-0.3, -0.25) is 4.40 Å². The van der Waals surface area contributed by atoms with Crippen LogP contribution in [-0.2, 0) is 12.8 Å². The molecule has 0 aromatic carbocycles. The molecule has 0 amide bonds. The summed E-state index contributed by atoms with van der Waals surface area (Å²) in [4.78, 5) is 4.05. The molecule has 0 aliphatic rings. The summed E-state index contributed by atoms with van der Waals surface area (Å²) < 4.78 is 3.69. The monoisotopic (exact) mass is 294 g/mol. The number of hydrogen-bond acceptors (Lipinski definition) is 4. The molecule has 0 spiro atoms. The first-order chi connectivity index (χ1) is 10.8. The lowest BCUT2D eigenvalue weighted by molar-refractivity contribution is 0.936. The number of fused-ring (bicyclic) bond motifs is 2. The average molecular weight is 294 g/mol. The molecule has 0 N–H and O–H groups in total. The normalized spacial score (nSPS) is 10.6. The van der Waals surface area contributed by atoms with Crippen LogP contribution in [0.15, 0.2) is 49.3 Å². The topological polar surface area (TPSA) is 60.4 Å². The van der Waals surface area contributed by atoms with E-state index in [4.69, 9.17) is 0 Å². The Kier molecular flexibility index (Phi) is 4.09. The van der Waals surface area contributed by atoms with Crippen molar-refractivity contribution >= 4 is 11.3 Å². The fraction of sp³-hybridized carbons (Fsp3) is 0.250. The lowest BCUT2D eigenvalue weighted by Gasteiger charge is -1.95. The summed E-state index contributed by atoms with van der Waals surface area (Å²) in [6.45, 7) is 4.25. The van der Waals surface area contributed by atoms with Crippen LogP contribution < -0.4 is 0 Å². The maximum Gasteiger partial charge on any atom is 0.160 e. The Labute approximate surface area is 128 Å². The zero-order chi connectivity index (χ0) is 15.4. The van der Waals surface area contributed by atoms with Crippen LogP contribution in [0.1, 0.15) is 25.0 Å². The maximum atomic E-state index is 4.05. The first kappa shape index (κ1) is 14.2. The second kappa shape index (κ2) is 6.34. The minimum absolute atomic E-state index is 0.905. The largest absolute Gasteiger partial charge is 0.289 e. The van der Waals surface area contributed by atoms with Crippen LogP contribution in [0.25, 0.3) is 11.3 Å². The molecule has 4 aromatic rings. The molecule has 22 heavy (non-hydrogen) atoms. The third kappa shape index (κ3) is 2.95. The van der Waals surface area contributed by atoms with E-state index in [1.165, 1.54) is 11.1 Å². The highest BCUT2D eigenvalue weighted by molar-refractivity contribution is 5.39. The van der Waals surface area contributed by atoms with Crippen molar-refractivity contribution < 1.29 is 0 Å². The van der Waals surface area contributed by atoms with Crippen LogP contribution in [0.2, 0.25) is 0 Å². The predicted octanol–water partition coefficient (Wildman–Crippen LogP) is 2.58. The molecule has 4 aromatic heterocycles. The number of nitrogens with zero attached hydrogens (tertiary/aromatic N) is 6. The smallest absolute Gasteiger partial charge is 0.160 e. The van der Waals surface area contributed by atoms with Gasteiger partial charge >= 0.3 is 0 Å². The number of aryl methyl sites for hydroxylation is 2. The van der Waals surface area contributed by atoms with Gasteiger partial charge in [0.15, 0.2) is 11.3 Å². The first-order valence-corrected chi connectivity index (χ1v) is 7.36. The van der Waals surface area contributed by atoms with Gasteiger partial charge in [-0.2, -0.15) is 5.10 Å². The zero-order valence-electron chi connectivity index (χ0n) is 12.7. The van der Waals surface area contributed by atoms with E-state index < -0.39 is 0 Å². The molecule has 6 heteroatoms. The molecule has 0 fully saturated rings. The van der Waals surface area contributed by atoms with Crippen molar-refractivity contribution in [1.29, 1.82) is 0 Å². The Morgan fingerprint density at radius 2 is 1.86 bits per heavy atom. The van der Waals surface area contributed by atoms with E-state index in [0.717, 1.165) is 24.1 Å². The lowest BCUT2D eigenvalue weighted by atomic mass is 10.2. The highest BCUT2D eigenvalue weighted by Gasteiger charge is 1.95. The van der Waals surface area contributed by atoms with Crippen molar-refractivity contribution in [3.63, 3.8) is 0 Å². The van der Waals surface area contributed by atoms with Gasteiger partial charge in [0.25, 0.3) is 0 Å². The van der Waals surface area contributed by atoms with E-state index >= 15 is 0 Å². The van der Waals surface area contributed by atoms with Gasteiger partial charge in [0, 0.05) is 12.4 Å². The van der Waals surface area contributed by atoms with Crippen molar-refractivity contribution in [2.24, 2.45) is 0 Å². The minimum Gasteiger partial charge on any atom is -0.289 e.